The van der Waals surface area contributed by atoms with E-state index in [1.165, 1.54) is 6.42 Å². The molecular weight excluding hydrogens is 360 g/mol. The highest BCUT2D eigenvalue weighted by Gasteiger charge is 2.17. The van der Waals surface area contributed by atoms with E-state index in [0.29, 0.717) is 12.3 Å². The number of nitrogens with one attached hydrogen (secondary N) is 2. The first-order chi connectivity index (χ1) is 8.65. The van der Waals surface area contributed by atoms with Crippen LogP contribution in [0.2, 0.25) is 0 Å². The van der Waals surface area contributed by atoms with Crippen molar-refractivity contribution in [2.75, 3.05) is 18.4 Å². The van der Waals surface area contributed by atoms with Crippen LogP contribution >= 0.6 is 31.9 Å². The lowest BCUT2D eigenvalue weighted by Gasteiger charge is -2.22. The van der Waals surface area contributed by atoms with Gasteiger partial charge in [-0.25, -0.2) is 0 Å². The van der Waals surface area contributed by atoms with Gasteiger partial charge in [0.2, 0.25) is 5.91 Å². The summed E-state index contributed by atoms with van der Waals surface area (Å²) in [6.07, 6.45) is 2.89. The molecule has 5 heteroatoms. The van der Waals surface area contributed by atoms with Gasteiger partial charge in [-0.05, 0) is 66.0 Å². The average Bonchev–Trinajstić information content (AvgIpc) is 2.35. The molecule has 0 spiro atoms. The predicted molar refractivity (Wildman–Crippen MR) is 80.7 cm³/mol. The lowest BCUT2D eigenvalue weighted by Crippen LogP contribution is -2.32. The Morgan fingerprint density at radius 2 is 2.28 bits per heavy atom. The van der Waals surface area contributed by atoms with Gasteiger partial charge in [-0.2, -0.15) is 0 Å². The number of anilines is 1. The maximum absolute atomic E-state index is 12.0. The molecule has 1 fully saturated rings. The minimum absolute atomic E-state index is 0.0856. The Morgan fingerprint density at radius 1 is 1.44 bits per heavy atom. The Kier molecular flexibility index (Phi) is 5.21. The van der Waals surface area contributed by atoms with Crippen molar-refractivity contribution in [1.29, 1.82) is 0 Å². The fourth-order valence-corrected chi connectivity index (χ4v) is 2.86. The molecule has 1 atom stereocenters. The van der Waals surface area contributed by atoms with Gasteiger partial charge < -0.3 is 10.6 Å². The lowest BCUT2D eigenvalue weighted by molar-refractivity contribution is -0.117. The third kappa shape index (κ3) is 4.07. The van der Waals surface area contributed by atoms with Crippen LogP contribution in [0.1, 0.15) is 19.3 Å². The first-order valence-corrected chi connectivity index (χ1v) is 7.69. The molecule has 0 saturated carbocycles. The molecule has 0 aromatic heterocycles. The van der Waals surface area contributed by atoms with Crippen molar-refractivity contribution in [2.24, 2.45) is 5.92 Å². The van der Waals surface area contributed by atoms with E-state index in [-0.39, 0.29) is 5.91 Å². The van der Waals surface area contributed by atoms with Gasteiger partial charge >= 0.3 is 0 Å². The Hall–Kier alpha value is -0.390. The van der Waals surface area contributed by atoms with Crippen LogP contribution < -0.4 is 10.6 Å². The third-order valence-corrected chi connectivity index (χ3v) is 4.26. The molecule has 1 aromatic carbocycles. The van der Waals surface area contributed by atoms with E-state index < -0.39 is 0 Å². The van der Waals surface area contributed by atoms with E-state index in [4.69, 9.17) is 0 Å². The first-order valence-electron chi connectivity index (χ1n) is 6.11. The molecule has 1 heterocycles. The van der Waals surface area contributed by atoms with E-state index in [1.54, 1.807) is 0 Å². The number of halogens is 2. The summed E-state index contributed by atoms with van der Waals surface area (Å²) in [5.74, 6) is 0.548. The molecule has 1 unspecified atom stereocenters. The third-order valence-electron chi connectivity index (χ3n) is 3.08. The van der Waals surface area contributed by atoms with Gasteiger partial charge in [-0.15, -0.1) is 0 Å². The Morgan fingerprint density at radius 3 is 3.00 bits per heavy atom. The summed E-state index contributed by atoms with van der Waals surface area (Å²) in [4.78, 5) is 12.0. The van der Waals surface area contributed by atoms with Gasteiger partial charge in [0.1, 0.15) is 0 Å². The van der Waals surface area contributed by atoms with Gasteiger partial charge in [0.05, 0.1) is 5.69 Å². The van der Waals surface area contributed by atoms with E-state index in [9.17, 15) is 4.79 Å². The van der Waals surface area contributed by atoms with Gasteiger partial charge in [-0.1, -0.05) is 15.9 Å². The Labute approximate surface area is 124 Å². The van der Waals surface area contributed by atoms with E-state index >= 15 is 0 Å². The summed E-state index contributed by atoms with van der Waals surface area (Å²) < 4.78 is 1.86. The number of carbonyl (C=O) groups excluding carboxylic acids is 1. The van der Waals surface area contributed by atoms with Gasteiger partial charge in [0, 0.05) is 15.4 Å². The van der Waals surface area contributed by atoms with Crippen LogP contribution in [0.25, 0.3) is 0 Å². The second kappa shape index (κ2) is 6.68. The second-order valence-electron chi connectivity index (χ2n) is 4.59. The SMILES string of the molecule is O=C(CC1CCCNC1)Nc1cc(Br)ccc1Br. The zero-order chi connectivity index (χ0) is 13.0. The molecule has 2 N–H and O–H groups in total. The van der Waals surface area contributed by atoms with Crippen molar-refractivity contribution in [3.8, 4) is 0 Å². The summed E-state index contributed by atoms with van der Waals surface area (Å²) in [5.41, 5.74) is 0.818. The summed E-state index contributed by atoms with van der Waals surface area (Å²) in [6, 6.07) is 5.76. The van der Waals surface area contributed by atoms with Crippen LogP contribution in [0.3, 0.4) is 0 Å². The highest BCUT2D eigenvalue weighted by Crippen LogP contribution is 2.26. The van der Waals surface area contributed by atoms with Crippen LogP contribution in [-0.4, -0.2) is 19.0 Å². The zero-order valence-electron chi connectivity index (χ0n) is 10.0. The van der Waals surface area contributed by atoms with E-state index in [0.717, 1.165) is 34.1 Å². The van der Waals surface area contributed by atoms with Crippen molar-refractivity contribution in [2.45, 2.75) is 19.3 Å². The molecule has 0 bridgehead atoms. The molecule has 18 heavy (non-hydrogen) atoms. The summed E-state index contributed by atoms with van der Waals surface area (Å²) >= 11 is 6.84. The summed E-state index contributed by atoms with van der Waals surface area (Å²) in [6.45, 7) is 2.03. The minimum Gasteiger partial charge on any atom is -0.325 e. The summed E-state index contributed by atoms with van der Waals surface area (Å²) in [5, 5.41) is 6.28. The minimum atomic E-state index is 0.0856. The number of benzene rings is 1. The van der Waals surface area contributed by atoms with Crippen LogP contribution in [0.4, 0.5) is 5.69 Å². The maximum atomic E-state index is 12.0. The molecule has 0 radical (unpaired) electrons. The van der Waals surface area contributed by atoms with Crippen LogP contribution in [0.5, 0.6) is 0 Å². The van der Waals surface area contributed by atoms with Crippen LogP contribution in [0.15, 0.2) is 27.1 Å². The molecule has 98 valence electrons. The molecule has 3 nitrogen and oxygen atoms in total. The fourth-order valence-electron chi connectivity index (χ4n) is 2.15. The Bertz CT molecular complexity index is 431. The molecule has 1 saturated heterocycles. The Balaban J connectivity index is 1.92. The average molecular weight is 376 g/mol. The zero-order valence-corrected chi connectivity index (χ0v) is 13.2. The first kappa shape index (κ1) is 14.0. The van der Waals surface area contributed by atoms with Crippen molar-refractivity contribution >= 4 is 43.5 Å². The van der Waals surface area contributed by atoms with Gasteiger partial charge in [0.25, 0.3) is 0 Å². The molecule has 1 aromatic rings. The normalized spacial score (nSPS) is 19.6. The lowest BCUT2D eigenvalue weighted by atomic mass is 9.96. The van der Waals surface area contributed by atoms with Crippen molar-refractivity contribution < 1.29 is 4.79 Å². The van der Waals surface area contributed by atoms with E-state index in [2.05, 4.69) is 42.5 Å². The van der Waals surface area contributed by atoms with Crippen molar-refractivity contribution in [3.63, 3.8) is 0 Å². The van der Waals surface area contributed by atoms with Gasteiger partial charge in [-0.3, -0.25) is 4.79 Å². The largest absolute Gasteiger partial charge is 0.325 e. The predicted octanol–water partition coefficient (Wildman–Crippen LogP) is 3.54. The summed E-state index contributed by atoms with van der Waals surface area (Å²) in [7, 11) is 0. The molecule has 0 aliphatic carbocycles. The number of hydrogen-bond acceptors (Lipinski definition) is 2. The monoisotopic (exact) mass is 374 g/mol. The number of hydrogen-bond donors (Lipinski definition) is 2. The number of amides is 1. The standard InChI is InChI=1S/C13H16Br2N2O/c14-10-3-4-11(15)12(7-10)17-13(18)6-9-2-1-5-16-8-9/h3-4,7,9,16H,1-2,5-6,8H2,(H,17,18). The highest BCUT2D eigenvalue weighted by molar-refractivity contribution is 9.11. The highest BCUT2D eigenvalue weighted by atomic mass is 79.9. The molecule has 1 aliphatic heterocycles. The van der Waals surface area contributed by atoms with Crippen molar-refractivity contribution in [1.82, 2.24) is 5.32 Å². The fraction of sp³-hybridized carbons (Fsp3) is 0.462. The topological polar surface area (TPSA) is 41.1 Å². The number of carbonyl (C=O) groups is 1. The molecule has 1 amide bonds. The van der Waals surface area contributed by atoms with Crippen molar-refractivity contribution in [3.05, 3.63) is 27.1 Å². The maximum Gasteiger partial charge on any atom is 0.224 e. The van der Waals surface area contributed by atoms with Crippen LogP contribution in [-0.2, 0) is 4.79 Å². The quantitative estimate of drug-likeness (QED) is 0.848. The number of piperidine rings is 1. The molecular formula is C13H16Br2N2O. The number of rotatable bonds is 3. The second-order valence-corrected chi connectivity index (χ2v) is 6.36. The van der Waals surface area contributed by atoms with Crippen LogP contribution in [0, 0.1) is 5.92 Å². The molecule has 2 rings (SSSR count). The molecule has 1 aliphatic rings. The van der Waals surface area contributed by atoms with E-state index in [1.807, 2.05) is 18.2 Å². The smallest absolute Gasteiger partial charge is 0.224 e. The van der Waals surface area contributed by atoms with Gasteiger partial charge in [0.15, 0.2) is 0 Å².